The molecule has 6 heteroatoms. The fraction of sp³-hybridized carbons (Fsp3) is 0.727. The van der Waals surface area contributed by atoms with Crippen LogP contribution in [-0.4, -0.2) is 40.5 Å². The highest BCUT2D eigenvalue weighted by molar-refractivity contribution is 5.37. The van der Waals surface area contributed by atoms with Crippen LogP contribution in [0.2, 0.25) is 0 Å². The Morgan fingerprint density at radius 3 is 3.00 bits per heavy atom. The predicted octanol–water partition coefficient (Wildman–Crippen LogP) is 1.09. The topological polar surface area (TPSA) is 77.1 Å². The Morgan fingerprint density at radius 1 is 1.59 bits per heavy atom. The van der Waals surface area contributed by atoms with E-state index in [0.717, 1.165) is 12.8 Å². The van der Waals surface area contributed by atoms with Crippen molar-refractivity contribution in [1.29, 1.82) is 0 Å². The fourth-order valence-electron chi connectivity index (χ4n) is 1.43. The number of hydrogen-bond acceptors (Lipinski definition) is 5. The predicted molar refractivity (Wildman–Crippen MR) is 61.3 cm³/mol. The molecule has 1 aromatic heterocycles. The van der Waals surface area contributed by atoms with E-state index in [-0.39, 0.29) is 12.2 Å². The maximum atomic E-state index is 10.5. The molecule has 0 amide bonds. The molecular formula is C11H19N3O3. The van der Waals surface area contributed by atoms with Crippen LogP contribution in [0.1, 0.15) is 32.5 Å². The van der Waals surface area contributed by atoms with E-state index in [4.69, 9.17) is 9.47 Å². The molecule has 0 saturated heterocycles. The Kier molecular flexibility index (Phi) is 6.24. The van der Waals surface area contributed by atoms with Crippen molar-refractivity contribution in [2.75, 3.05) is 6.61 Å². The highest BCUT2D eigenvalue weighted by Crippen LogP contribution is 2.09. The van der Waals surface area contributed by atoms with E-state index in [1.54, 1.807) is 0 Å². The summed E-state index contributed by atoms with van der Waals surface area (Å²) in [6.45, 7) is 5.10. The van der Waals surface area contributed by atoms with Gasteiger partial charge in [0.05, 0.1) is 6.10 Å². The smallest absolute Gasteiger partial charge is 0.293 e. The van der Waals surface area contributed by atoms with E-state index in [9.17, 15) is 4.79 Å². The van der Waals surface area contributed by atoms with Crippen molar-refractivity contribution in [3.8, 4) is 0 Å². The lowest BCUT2D eigenvalue weighted by atomic mass is 10.1. The van der Waals surface area contributed by atoms with Crippen molar-refractivity contribution in [1.82, 2.24) is 15.2 Å². The minimum atomic E-state index is -0.347. The van der Waals surface area contributed by atoms with Gasteiger partial charge in [0.25, 0.3) is 6.47 Å². The number of nitrogens with zero attached hydrogens (tertiary/aromatic N) is 2. The van der Waals surface area contributed by atoms with Crippen molar-refractivity contribution in [2.24, 2.45) is 0 Å². The summed E-state index contributed by atoms with van der Waals surface area (Å²) in [5.74, 6) is 0.614. The van der Waals surface area contributed by atoms with Crippen LogP contribution in [0.5, 0.6) is 0 Å². The molecule has 0 aliphatic rings. The Hall–Kier alpha value is -1.43. The largest absolute Gasteiger partial charge is 0.461 e. The van der Waals surface area contributed by atoms with Gasteiger partial charge in [0.1, 0.15) is 12.4 Å². The van der Waals surface area contributed by atoms with E-state index in [0.29, 0.717) is 25.3 Å². The van der Waals surface area contributed by atoms with Gasteiger partial charge in [-0.2, -0.15) is 5.10 Å². The molecule has 17 heavy (non-hydrogen) atoms. The average Bonchev–Trinajstić information content (AvgIpc) is 2.81. The summed E-state index contributed by atoms with van der Waals surface area (Å²) in [6.07, 6.45) is 3.52. The van der Waals surface area contributed by atoms with Crippen LogP contribution in [-0.2, 0) is 20.7 Å². The highest BCUT2D eigenvalue weighted by atomic mass is 16.6. The summed E-state index contributed by atoms with van der Waals surface area (Å²) >= 11 is 0. The minimum Gasteiger partial charge on any atom is -0.461 e. The first kappa shape index (κ1) is 13.6. The van der Waals surface area contributed by atoms with E-state index in [1.807, 2.05) is 6.92 Å². The number of ether oxygens (including phenoxy) is 2. The van der Waals surface area contributed by atoms with Crippen molar-refractivity contribution in [2.45, 2.75) is 45.3 Å². The standard InChI is InChI=1S/C11H19N3O3/c1-3-4-5-16-9(2)10(17-8-15)6-11-12-7-13-14-11/h7-10H,3-6H2,1-2H3,(H,12,13,14). The highest BCUT2D eigenvalue weighted by Gasteiger charge is 2.21. The fourth-order valence-corrected chi connectivity index (χ4v) is 1.43. The second kappa shape index (κ2) is 7.78. The Bertz CT molecular complexity index is 303. The van der Waals surface area contributed by atoms with Crippen LogP contribution in [0.3, 0.4) is 0 Å². The maximum Gasteiger partial charge on any atom is 0.293 e. The monoisotopic (exact) mass is 241 g/mol. The van der Waals surface area contributed by atoms with Crippen molar-refractivity contribution >= 4 is 6.47 Å². The molecule has 0 radical (unpaired) electrons. The maximum absolute atomic E-state index is 10.5. The normalized spacial score (nSPS) is 14.2. The Morgan fingerprint density at radius 2 is 2.41 bits per heavy atom. The third-order valence-corrected chi connectivity index (χ3v) is 2.48. The van der Waals surface area contributed by atoms with Crippen LogP contribution in [0.25, 0.3) is 0 Å². The molecule has 0 aromatic carbocycles. The number of carbonyl (C=O) groups is 1. The lowest BCUT2D eigenvalue weighted by molar-refractivity contribution is -0.141. The van der Waals surface area contributed by atoms with Crippen LogP contribution >= 0.6 is 0 Å². The van der Waals surface area contributed by atoms with E-state index < -0.39 is 0 Å². The van der Waals surface area contributed by atoms with Gasteiger partial charge in [-0.15, -0.1) is 0 Å². The summed E-state index contributed by atoms with van der Waals surface area (Å²) in [4.78, 5) is 14.5. The SMILES string of the molecule is CCCCOC(C)C(Cc1nc[nH]n1)OC=O. The van der Waals surface area contributed by atoms with Gasteiger partial charge in [-0.3, -0.25) is 9.89 Å². The minimum absolute atomic E-state index is 0.162. The number of hydrogen-bond donors (Lipinski definition) is 1. The molecule has 0 saturated carbocycles. The third-order valence-electron chi connectivity index (χ3n) is 2.48. The van der Waals surface area contributed by atoms with E-state index in [2.05, 4.69) is 22.1 Å². The van der Waals surface area contributed by atoms with Gasteiger partial charge in [0.2, 0.25) is 0 Å². The zero-order chi connectivity index (χ0) is 12.5. The first-order chi connectivity index (χ1) is 8.27. The molecule has 2 atom stereocenters. The lowest BCUT2D eigenvalue weighted by Gasteiger charge is -2.21. The average molecular weight is 241 g/mol. The van der Waals surface area contributed by atoms with Gasteiger partial charge in [0.15, 0.2) is 5.82 Å². The summed E-state index contributed by atoms with van der Waals surface area (Å²) in [5, 5.41) is 6.55. The first-order valence-electron chi connectivity index (χ1n) is 5.83. The van der Waals surface area contributed by atoms with Crippen LogP contribution in [0.15, 0.2) is 6.33 Å². The van der Waals surface area contributed by atoms with Gasteiger partial charge < -0.3 is 9.47 Å². The Labute approximate surface area is 101 Å². The quantitative estimate of drug-likeness (QED) is 0.517. The molecule has 6 nitrogen and oxygen atoms in total. The molecule has 0 spiro atoms. The number of rotatable bonds is 9. The van der Waals surface area contributed by atoms with Crippen LogP contribution < -0.4 is 0 Å². The molecule has 1 N–H and O–H groups in total. The number of nitrogens with one attached hydrogen (secondary N) is 1. The molecule has 1 aromatic rings. The second-order valence-corrected chi connectivity index (χ2v) is 3.82. The molecule has 1 heterocycles. The summed E-state index contributed by atoms with van der Waals surface area (Å²) in [5.41, 5.74) is 0. The molecule has 2 unspecified atom stereocenters. The van der Waals surface area contributed by atoms with Crippen LogP contribution in [0.4, 0.5) is 0 Å². The number of unbranched alkanes of at least 4 members (excludes halogenated alkanes) is 1. The number of aromatic nitrogens is 3. The number of aromatic amines is 1. The molecular weight excluding hydrogens is 222 g/mol. The van der Waals surface area contributed by atoms with Gasteiger partial charge in [-0.1, -0.05) is 13.3 Å². The van der Waals surface area contributed by atoms with Gasteiger partial charge in [0, 0.05) is 13.0 Å². The summed E-state index contributed by atoms with van der Waals surface area (Å²) < 4.78 is 10.6. The van der Waals surface area contributed by atoms with Crippen molar-refractivity contribution in [3.63, 3.8) is 0 Å². The molecule has 0 bridgehead atoms. The summed E-state index contributed by atoms with van der Waals surface area (Å²) in [6, 6.07) is 0. The number of carbonyl (C=O) groups excluding carboxylic acids is 1. The lowest BCUT2D eigenvalue weighted by Crippen LogP contribution is -2.31. The van der Waals surface area contributed by atoms with E-state index >= 15 is 0 Å². The molecule has 96 valence electrons. The van der Waals surface area contributed by atoms with Gasteiger partial charge in [-0.25, -0.2) is 4.98 Å². The third kappa shape index (κ3) is 4.95. The van der Waals surface area contributed by atoms with Crippen LogP contribution in [0, 0.1) is 0 Å². The number of H-pyrrole nitrogens is 1. The van der Waals surface area contributed by atoms with Crippen molar-refractivity contribution in [3.05, 3.63) is 12.2 Å². The Balaban J connectivity index is 2.43. The molecule has 1 rings (SSSR count). The van der Waals surface area contributed by atoms with Gasteiger partial charge in [-0.05, 0) is 13.3 Å². The van der Waals surface area contributed by atoms with Crippen molar-refractivity contribution < 1.29 is 14.3 Å². The zero-order valence-corrected chi connectivity index (χ0v) is 10.3. The molecule has 0 fully saturated rings. The summed E-state index contributed by atoms with van der Waals surface area (Å²) in [7, 11) is 0. The first-order valence-corrected chi connectivity index (χ1v) is 5.83. The molecule has 0 aliphatic carbocycles. The van der Waals surface area contributed by atoms with Gasteiger partial charge >= 0.3 is 0 Å². The second-order valence-electron chi connectivity index (χ2n) is 3.82. The van der Waals surface area contributed by atoms with E-state index in [1.165, 1.54) is 6.33 Å². The zero-order valence-electron chi connectivity index (χ0n) is 10.3. The molecule has 0 aliphatic heterocycles.